The first kappa shape index (κ1) is 15.4. The van der Waals surface area contributed by atoms with Crippen LogP contribution in [0.3, 0.4) is 0 Å². The highest BCUT2D eigenvalue weighted by molar-refractivity contribution is 5.74. The Kier molecular flexibility index (Phi) is 4.54. The van der Waals surface area contributed by atoms with Gasteiger partial charge in [0.1, 0.15) is 6.04 Å². The van der Waals surface area contributed by atoms with Crippen molar-refractivity contribution in [3.05, 3.63) is 0 Å². The number of carbonyl (C=O) groups is 1. The predicted molar refractivity (Wildman–Crippen MR) is 64.4 cm³/mol. The Hall–Kier alpha value is -0.610. The standard InChI is InChI=1S/C12H25NO3/c1-8(14)9(10(15)16)13(11(2,3)4)12(5,6)7/h8-9,14H,1-7H3,(H,15,16)/t8-,9+/m1/s1. The van der Waals surface area contributed by atoms with Gasteiger partial charge in [0.2, 0.25) is 0 Å². The number of carboxylic acid groups (broad SMARTS) is 1. The molecule has 0 aliphatic heterocycles. The molecule has 0 bridgehead atoms. The molecular weight excluding hydrogens is 206 g/mol. The quantitative estimate of drug-likeness (QED) is 0.776. The van der Waals surface area contributed by atoms with Crippen LogP contribution in [0.4, 0.5) is 0 Å². The maximum absolute atomic E-state index is 11.3. The summed E-state index contributed by atoms with van der Waals surface area (Å²) in [6, 6.07) is -0.889. The van der Waals surface area contributed by atoms with Crippen LogP contribution < -0.4 is 0 Å². The molecule has 2 atom stereocenters. The summed E-state index contributed by atoms with van der Waals surface area (Å²) >= 11 is 0. The monoisotopic (exact) mass is 231 g/mol. The fraction of sp³-hybridized carbons (Fsp3) is 0.917. The topological polar surface area (TPSA) is 60.8 Å². The molecule has 0 aliphatic carbocycles. The zero-order valence-electron chi connectivity index (χ0n) is 11.4. The first-order valence-corrected chi connectivity index (χ1v) is 5.59. The van der Waals surface area contributed by atoms with E-state index in [1.165, 1.54) is 6.92 Å². The minimum atomic E-state index is -0.986. The first-order valence-electron chi connectivity index (χ1n) is 5.59. The Morgan fingerprint density at radius 2 is 1.38 bits per heavy atom. The van der Waals surface area contributed by atoms with Gasteiger partial charge < -0.3 is 10.2 Å². The maximum atomic E-state index is 11.3. The van der Waals surface area contributed by atoms with Gasteiger partial charge in [0.25, 0.3) is 0 Å². The lowest BCUT2D eigenvalue weighted by molar-refractivity contribution is -0.156. The summed E-state index contributed by atoms with van der Waals surface area (Å²) in [5.74, 6) is -0.986. The van der Waals surface area contributed by atoms with E-state index in [1.807, 2.05) is 46.4 Å². The summed E-state index contributed by atoms with van der Waals surface area (Å²) in [5.41, 5.74) is -0.642. The molecule has 0 radical (unpaired) electrons. The van der Waals surface area contributed by atoms with Crippen molar-refractivity contribution in [1.29, 1.82) is 0 Å². The van der Waals surface area contributed by atoms with Gasteiger partial charge in [-0.25, -0.2) is 0 Å². The SMILES string of the molecule is C[C@@H](O)[C@@H](C(=O)O)N(C(C)(C)C)C(C)(C)C. The van der Waals surface area contributed by atoms with Crippen LogP contribution in [0.15, 0.2) is 0 Å². The lowest BCUT2D eigenvalue weighted by atomic mass is 9.91. The van der Waals surface area contributed by atoms with Crippen molar-refractivity contribution in [2.75, 3.05) is 0 Å². The van der Waals surface area contributed by atoms with Gasteiger partial charge in [-0.3, -0.25) is 9.69 Å². The van der Waals surface area contributed by atoms with E-state index in [0.29, 0.717) is 0 Å². The van der Waals surface area contributed by atoms with Gasteiger partial charge in [0.15, 0.2) is 0 Å². The molecule has 0 saturated heterocycles. The van der Waals surface area contributed by atoms with Crippen LogP contribution in [-0.4, -0.2) is 44.3 Å². The molecule has 0 aromatic heterocycles. The van der Waals surface area contributed by atoms with E-state index < -0.39 is 18.1 Å². The number of aliphatic carboxylic acids is 1. The minimum Gasteiger partial charge on any atom is -0.480 e. The number of aliphatic hydroxyl groups is 1. The van der Waals surface area contributed by atoms with Gasteiger partial charge in [-0.15, -0.1) is 0 Å². The highest BCUT2D eigenvalue weighted by Gasteiger charge is 2.42. The minimum absolute atomic E-state index is 0.321. The molecule has 0 aromatic carbocycles. The summed E-state index contributed by atoms with van der Waals surface area (Å²) < 4.78 is 0. The molecule has 0 spiro atoms. The van der Waals surface area contributed by atoms with Crippen molar-refractivity contribution >= 4 is 5.97 Å². The summed E-state index contributed by atoms with van der Waals surface area (Å²) in [6.45, 7) is 13.2. The zero-order valence-corrected chi connectivity index (χ0v) is 11.4. The second-order valence-corrected chi connectivity index (χ2v) is 6.24. The normalized spacial score (nSPS) is 17.3. The van der Waals surface area contributed by atoms with Gasteiger partial charge in [-0.1, -0.05) is 0 Å². The van der Waals surface area contributed by atoms with E-state index in [2.05, 4.69) is 0 Å². The second-order valence-electron chi connectivity index (χ2n) is 6.24. The maximum Gasteiger partial charge on any atom is 0.323 e. The Morgan fingerprint density at radius 3 is 1.44 bits per heavy atom. The second kappa shape index (κ2) is 4.72. The molecule has 16 heavy (non-hydrogen) atoms. The van der Waals surface area contributed by atoms with E-state index >= 15 is 0 Å². The van der Waals surface area contributed by atoms with Crippen LogP contribution in [0.1, 0.15) is 48.5 Å². The molecule has 4 heteroatoms. The molecule has 0 saturated carbocycles. The number of rotatable bonds is 3. The number of nitrogens with zero attached hydrogens (tertiary/aromatic N) is 1. The molecule has 96 valence electrons. The molecule has 0 unspecified atom stereocenters. The molecule has 0 rings (SSSR count). The first-order chi connectivity index (χ1) is 6.89. The van der Waals surface area contributed by atoms with E-state index in [9.17, 15) is 15.0 Å². The van der Waals surface area contributed by atoms with Gasteiger partial charge in [0, 0.05) is 11.1 Å². The third-order valence-electron chi connectivity index (χ3n) is 2.43. The molecule has 0 fully saturated rings. The van der Waals surface area contributed by atoms with Crippen molar-refractivity contribution in [3.8, 4) is 0 Å². The van der Waals surface area contributed by atoms with E-state index in [-0.39, 0.29) is 11.1 Å². The Balaban J connectivity index is 5.41. The Morgan fingerprint density at radius 1 is 1.06 bits per heavy atom. The number of hydrogen-bond donors (Lipinski definition) is 2. The van der Waals surface area contributed by atoms with Crippen LogP contribution in [-0.2, 0) is 4.79 Å². The summed E-state index contributed by atoms with van der Waals surface area (Å²) in [5, 5.41) is 18.9. The fourth-order valence-electron chi connectivity index (χ4n) is 2.37. The van der Waals surface area contributed by atoms with Crippen molar-refractivity contribution in [2.45, 2.75) is 71.7 Å². The molecule has 0 heterocycles. The molecule has 4 nitrogen and oxygen atoms in total. The van der Waals surface area contributed by atoms with Crippen molar-refractivity contribution in [2.24, 2.45) is 0 Å². The zero-order chi connectivity index (χ0) is 13.3. The van der Waals surface area contributed by atoms with Gasteiger partial charge in [0.05, 0.1) is 6.10 Å². The smallest absolute Gasteiger partial charge is 0.323 e. The highest BCUT2D eigenvalue weighted by Crippen LogP contribution is 2.29. The van der Waals surface area contributed by atoms with Crippen LogP contribution in [0.25, 0.3) is 0 Å². The average Bonchev–Trinajstić information content (AvgIpc) is 1.93. The lowest BCUT2D eigenvalue weighted by Crippen LogP contribution is -2.63. The largest absolute Gasteiger partial charge is 0.480 e. The molecular formula is C12H25NO3. The predicted octanol–water partition coefficient (Wildman–Crippen LogP) is 1.72. The van der Waals surface area contributed by atoms with Crippen LogP contribution in [0, 0.1) is 0 Å². The third kappa shape index (κ3) is 3.76. The number of hydrogen-bond acceptors (Lipinski definition) is 3. The van der Waals surface area contributed by atoms with Gasteiger partial charge in [-0.2, -0.15) is 0 Å². The van der Waals surface area contributed by atoms with Crippen LogP contribution >= 0.6 is 0 Å². The van der Waals surface area contributed by atoms with Gasteiger partial charge >= 0.3 is 5.97 Å². The summed E-state index contributed by atoms with van der Waals surface area (Å²) in [6.07, 6.45) is -0.907. The third-order valence-corrected chi connectivity index (χ3v) is 2.43. The molecule has 2 N–H and O–H groups in total. The Bertz CT molecular complexity index is 234. The summed E-state index contributed by atoms with van der Waals surface area (Å²) in [7, 11) is 0. The van der Waals surface area contributed by atoms with Crippen molar-refractivity contribution in [3.63, 3.8) is 0 Å². The molecule has 0 amide bonds. The van der Waals surface area contributed by atoms with E-state index in [1.54, 1.807) is 0 Å². The average molecular weight is 231 g/mol. The number of carboxylic acids is 1. The van der Waals surface area contributed by atoms with E-state index in [4.69, 9.17) is 0 Å². The lowest BCUT2D eigenvalue weighted by Gasteiger charge is -2.49. The van der Waals surface area contributed by atoms with Crippen molar-refractivity contribution in [1.82, 2.24) is 4.90 Å². The van der Waals surface area contributed by atoms with Crippen LogP contribution in [0.5, 0.6) is 0 Å². The van der Waals surface area contributed by atoms with Crippen LogP contribution in [0.2, 0.25) is 0 Å². The molecule has 0 aromatic rings. The van der Waals surface area contributed by atoms with E-state index in [0.717, 1.165) is 0 Å². The molecule has 0 aliphatic rings. The van der Waals surface area contributed by atoms with Gasteiger partial charge in [-0.05, 0) is 48.5 Å². The Labute approximate surface area is 98.3 Å². The summed E-state index contributed by atoms with van der Waals surface area (Å²) in [4.78, 5) is 13.1. The van der Waals surface area contributed by atoms with Crippen molar-refractivity contribution < 1.29 is 15.0 Å². The fourth-order valence-corrected chi connectivity index (χ4v) is 2.37. The highest BCUT2D eigenvalue weighted by atomic mass is 16.4. The number of aliphatic hydroxyl groups excluding tert-OH is 1.